The Balaban J connectivity index is 1.62. The van der Waals surface area contributed by atoms with Crippen LogP contribution in [-0.4, -0.2) is 16.7 Å². The van der Waals surface area contributed by atoms with Crippen LogP contribution in [0.4, 0.5) is 0 Å². The molecule has 25 heavy (non-hydrogen) atoms. The summed E-state index contributed by atoms with van der Waals surface area (Å²) in [5.74, 6) is 0.246. The lowest BCUT2D eigenvalue weighted by Gasteiger charge is -2.50. The molecule has 1 saturated heterocycles. The molecule has 3 N–H and O–H groups in total. The first kappa shape index (κ1) is 15.9. The van der Waals surface area contributed by atoms with Crippen LogP contribution in [0.2, 0.25) is 0 Å². The number of rotatable bonds is 3. The Hall–Kier alpha value is -2.60. The maximum absolute atomic E-state index is 13.0. The summed E-state index contributed by atoms with van der Waals surface area (Å²) < 4.78 is 6.15. The molecule has 2 aromatic carbocycles. The zero-order chi connectivity index (χ0) is 17.4. The van der Waals surface area contributed by atoms with Gasteiger partial charge in [-0.05, 0) is 30.8 Å². The second-order valence-electron chi connectivity index (χ2n) is 6.50. The van der Waals surface area contributed by atoms with E-state index in [4.69, 9.17) is 17.0 Å². The molecular formula is C19H19N3O2S. The number of nitrogens with one attached hydrogen (secondary N) is 3. The summed E-state index contributed by atoms with van der Waals surface area (Å²) in [4.78, 5) is 13.0. The number of hydrogen-bond donors (Lipinski definition) is 3. The van der Waals surface area contributed by atoms with Gasteiger partial charge in [0.1, 0.15) is 11.7 Å². The standard InChI is InChI=1S/C19H19N3O2S/c1-19-15(17(23)20-11-12-7-3-2-4-8-12)16(21-18(25)22-19)13-9-5-6-10-14(13)24-19/h2-10,15-16H,11H2,1H3,(H,20,23)(H2,21,22,25)/t15-,16+,19-/m0/s1. The second kappa shape index (κ2) is 6.04. The molecule has 1 amide bonds. The van der Waals surface area contributed by atoms with Crippen molar-refractivity contribution in [2.24, 2.45) is 5.92 Å². The van der Waals surface area contributed by atoms with Crippen molar-refractivity contribution in [2.45, 2.75) is 25.2 Å². The largest absolute Gasteiger partial charge is 0.467 e. The average Bonchev–Trinajstić information content (AvgIpc) is 2.59. The number of benzene rings is 2. The Morgan fingerprint density at radius 2 is 1.92 bits per heavy atom. The van der Waals surface area contributed by atoms with Crippen LogP contribution in [0.3, 0.4) is 0 Å². The van der Waals surface area contributed by atoms with Gasteiger partial charge < -0.3 is 20.7 Å². The van der Waals surface area contributed by atoms with Crippen LogP contribution in [0.1, 0.15) is 24.1 Å². The fraction of sp³-hybridized carbons (Fsp3) is 0.263. The molecule has 0 saturated carbocycles. The second-order valence-corrected chi connectivity index (χ2v) is 6.91. The van der Waals surface area contributed by atoms with Crippen molar-refractivity contribution in [3.8, 4) is 5.75 Å². The van der Waals surface area contributed by atoms with Gasteiger partial charge in [-0.15, -0.1) is 0 Å². The summed E-state index contributed by atoms with van der Waals surface area (Å²) in [5.41, 5.74) is 1.12. The van der Waals surface area contributed by atoms with E-state index in [0.717, 1.165) is 16.9 Å². The summed E-state index contributed by atoms with van der Waals surface area (Å²) in [6.45, 7) is 2.35. The summed E-state index contributed by atoms with van der Waals surface area (Å²) >= 11 is 5.31. The normalized spacial score (nSPS) is 26.5. The Morgan fingerprint density at radius 1 is 1.20 bits per heavy atom. The molecule has 2 aliphatic heterocycles. The van der Waals surface area contributed by atoms with Crippen molar-refractivity contribution >= 4 is 23.2 Å². The highest BCUT2D eigenvalue weighted by Crippen LogP contribution is 2.44. The van der Waals surface area contributed by atoms with Gasteiger partial charge in [0.25, 0.3) is 0 Å². The molecule has 1 fully saturated rings. The minimum absolute atomic E-state index is 0.0756. The number of hydrogen-bond acceptors (Lipinski definition) is 3. The topological polar surface area (TPSA) is 62.4 Å². The van der Waals surface area contributed by atoms with Gasteiger partial charge in [0.15, 0.2) is 10.8 Å². The lowest BCUT2D eigenvalue weighted by atomic mass is 9.80. The molecule has 3 atom stereocenters. The van der Waals surface area contributed by atoms with Crippen LogP contribution in [0, 0.1) is 5.92 Å². The fourth-order valence-electron chi connectivity index (χ4n) is 3.58. The summed E-state index contributed by atoms with van der Waals surface area (Å²) in [6.07, 6.45) is 0. The van der Waals surface area contributed by atoms with Gasteiger partial charge in [0.05, 0.1) is 6.04 Å². The monoisotopic (exact) mass is 353 g/mol. The molecule has 0 aliphatic carbocycles. The Bertz CT molecular complexity index is 826. The van der Waals surface area contributed by atoms with Crippen LogP contribution < -0.4 is 20.7 Å². The van der Waals surface area contributed by atoms with Gasteiger partial charge in [0.2, 0.25) is 5.91 Å². The summed E-state index contributed by atoms with van der Waals surface area (Å²) in [5, 5.41) is 9.89. The van der Waals surface area contributed by atoms with E-state index in [-0.39, 0.29) is 11.9 Å². The van der Waals surface area contributed by atoms with E-state index in [1.807, 2.05) is 61.5 Å². The molecule has 4 rings (SSSR count). The SMILES string of the molecule is C[C@]12NC(=S)N[C@H](c3ccccc3O1)[C@H]2C(=O)NCc1ccccc1. The highest BCUT2D eigenvalue weighted by atomic mass is 32.1. The van der Waals surface area contributed by atoms with Crippen molar-refractivity contribution < 1.29 is 9.53 Å². The maximum Gasteiger partial charge on any atom is 0.231 e. The first-order chi connectivity index (χ1) is 12.1. The highest BCUT2D eigenvalue weighted by Gasteiger charge is 2.54. The molecule has 0 aromatic heterocycles. The van der Waals surface area contributed by atoms with E-state index in [0.29, 0.717) is 11.7 Å². The molecule has 2 aliphatic rings. The molecule has 0 radical (unpaired) electrons. The van der Waals surface area contributed by atoms with Crippen molar-refractivity contribution in [3.05, 3.63) is 65.7 Å². The maximum atomic E-state index is 13.0. The minimum Gasteiger partial charge on any atom is -0.467 e. The van der Waals surface area contributed by atoms with Gasteiger partial charge in [0, 0.05) is 12.1 Å². The Labute approximate surface area is 151 Å². The van der Waals surface area contributed by atoms with Crippen molar-refractivity contribution in [1.29, 1.82) is 0 Å². The van der Waals surface area contributed by atoms with Gasteiger partial charge >= 0.3 is 0 Å². The van der Waals surface area contributed by atoms with Gasteiger partial charge in [-0.1, -0.05) is 48.5 Å². The van der Waals surface area contributed by atoms with Crippen LogP contribution >= 0.6 is 12.2 Å². The van der Waals surface area contributed by atoms with E-state index in [9.17, 15) is 4.79 Å². The molecule has 6 heteroatoms. The fourth-order valence-corrected chi connectivity index (χ4v) is 3.91. The van der Waals surface area contributed by atoms with E-state index in [1.54, 1.807) is 0 Å². The third-order valence-corrected chi connectivity index (χ3v) is 4.96. The van der Waals surface area contributed by atoms with Crippen LogP contribution in [0.5, 0.6) is 5.75 Å². The number of amides is 1. The van der Waals surface area contributed by atoms with E-state index in [1.165, 1.54) is 0 Å². The minimum atomic E-state index is -0.887. The Kier molecular flexibility index (Phi) is 3.84. The first-order valence-corrected chi connectivity index (χ1v) is 8.66. The average molecular weight is 353 g/mol. The molecule has 2 heterocycles. The zero-order valence-corrected chi connectivity index (χ0v) is 14.6. The van der Waals surface area contributed by atoms with Gasteiger partial charge in [-0.3, -0.25) is 4.79 Å². The summed E-state index contributed by atoms with van der Waals surface area (Å²) in [7, 11) is 0. The predicted molar refractivity (Wildman–Crippen MR) is 98.9 cm³/mol. The lowest BCUT2D eigenvalue weighted by molar-refractivity contribution is -0.138. The molecule has 128 valence electrons. The first-order valence-electron chi connectivity index (χ1n) is 8.25. The zero-order valence-electron chi connectivity index (χ0n) is 13.8. The third kappa shape index (κ3) is 2.82. The van der Waals surface area contributed by atoms with Crippen LogP contribution in [0.15, 0.2) is 54.6 Å². The summed E-state index contributed by atoms with van der Waals surface area (Å²) in [6, 6.07) is 17.4. The van der Waals surface area contributed by atoms with Crippen LogP contribution in [-0.2, 0) is 11.3 Å². The van der Waals surface area contributed by atoms with Crippen molar-refractivity contribution in [1.82, 2.24) is 16.0 Å². The Morgan fingerprint density at radius 3 is 2.72 bits per heavy atom. The molecule has 2 bridgehead atoms. The number of carbonyl (C=O) groups is 1. The van der Waals surface area contributed by atoms with Crippen molar-refractivity contribution in [2.75, 3.05) is 0 Å². The third-order valence-electron chi connectivity index (χ3n) is 4.74. The number of ether oxygens (including phenoxy) is 1. The predicted octanol–water partition coefficient (Wildman–Crippen LogP) is 2.25. The van der Waals surface area contributed by atoms with Crippen molar-refractivity contribution in [3.63, 3.8) is 0 Å². The smallest absolute Gasteiger partial charge is 0.231 e. The number of fused-ring (bicyclic) bond motifs is 4. The van der Waals surface area contributed by atoms with Crippen LogP contribution in [0.25, 0.3) is 0 Å². The van der Waals surface area contributed by atoms with Gasteiger partial charge in [-0.2, -0.15) is 0 Å². The number of para-hydroxylation sites is 1. The van der Waals surface area contributed by atoms with E-state index >= 15 is 0 Å². The molecule has 2 aromatic rings. The lowest BCUT2D eigenvalue weighted by Crippen LogP contribution is -2.70. The molecule has 5 nitrogen and oxygen atoms in total. The van der Waals surface area contributed by atoms with E-state index in [2.05, 4.69) is 16.0 Å². The molecule has 0 spiro atoms. The number of carbonyl (C=O) groups excluding carboxylic acids is 1. The van der Waals surface area contributed by atoms with Gasteiger partial charge in [-0.25, -0.2) is 0 Å². The number of thiocarbonyl (C=S) groups is 1. The van der Waals surface area contributed by atoms with E-state index < -0.39 is 11.6 Å². The molecular weight excluding hydrogens is 334 g/mol. The molecule has 0 unspecified atom stereocenters. The highest BCUT2D eigenvalue weighted by molar-refractivity contribution is 7.80. The quantitative estimate of drug-likeness (QED) is 0.739.